The van der Waals surface area contributed by atoms with Crippen molar-refractivity contribution in [2.24, 2.45) is 0 Å². The molecule has 0 unspecified atom stereocenters. The smallest absolute Gasteiger partial charge is 0.220 e. The molecule has 26 heavy (non-hydrogen) atoms. The van der Waals surface area contributed by atoms with E-state index in [1.165, 1.54) is 0 Å². The van der Waals surface area contributed by atoms with Crippen molar-refractivity contribution in [1.29, 1.82) is 0 Å². The van der Waals surface area contributed by atoms with E-state index in [9.17, 15) is 4.79 Å². The molecule has 0 aliphatic carbocycles. The highest BCUT2D eigenvalue weighted by atomic mass is 35.5. The molecule has 0 bridgehead atoms. The molecule has 1 amide bonds. The second-order valence-electron chi connectivity index (χ2n) is 7.18. The van der Waals surface area contributed by atoms with Gasteiger partial charge in [-0.3, -0.25) is 4.79 Å². The van der Waals surface area contributed by atoms with Crippen LogP contribution in [0, 0.1) is 0 Å². The summed E-state index contributed by atoms with van der Waals surface area (Å²) in [6.07, 6.45) is 1.73. The number of rotatable bonds is 5. The minimum absolute atomic E-state index is 0.00869. The number of ether oxygens (including phenoxy) is 2. The van der Waals surface area contributed by atoms with Crippen molar-refractivity contribution in [2.75, 3.05) is 7.11 Å². The van der Waals surface area contributed by atoms with Crippen molar-refractivity contribution in [3.8, 4) is 11.5 Å². The Kier molecular flexibility index (Phi) is 5.42. The van der Waals surface area contributed by atoms with Crippen molar-refractivity contribution in [3.05, 3.63) is 58.6 Å². The summed E-state index contributed by atoms with van der Waals surface area (Å²) in [4.78, 5) is 12.5. The molecule has 4 nitrogen and oxygen atoms in total. The van der Waals surface area contributed by atoms with Gasteiger partial charge in [0.05, 0.1) is 13.2 Å². The lowest BCUT2D eigenvalue weighted by Crippen LogP contribution is -2.41. The molecule has 0 saturated carbocycles. The molecule has 1 aliphatic rings. The Balaban J connectivity index is 1.71. The fourth-order valence-corrected chi connectivity index (χ4v) is 3.53. The zero-order chi connectivity index (χ0) is 18.7. The Morgan fingerprint density at radius 2 is 2.08 bits per heavy atom. The maximum Gasteiger partial charge on any atom is 0.220 e. The molecule has 0 fully saturated rings. The van der Waals surface area contributed by atoms with Gasteiger partial charge in [0.25, 0.3) is 0 Å². The molecule has 0 saturated heterocycles. The Morgan fingerprint density at radius 3 is 2.81 bits per heavy atom. The van der Waals surface area contributed by atoms with E-state index in [0.717, 1.165) is 22.6 Å². The van der Waals surface area contributed by atoms with Gasteiger partial charge in [0.2, 0.25) is 5.91 Å². The lowest BCUT2D eigenvalue weighted by Gasteiger charge is -2.38. The molecular formula is C21H24ClNO3. The van der Waals surface area contributed by atoms with Gasteiger partial charge < -0.3 is 14.8 Å². The lowest BCUT2D eigenvalue weighted by atomic mass is 9.89. The van der Waals surface area contributed by atoms with Gasteiger partial charge in [0.1, 0.15) is 17.1 Å². The highest BCUT2D eigenvalue weighted by Gasteiger charge is 2.34. The van der Waals surface area contributed by atoms with E-state index in [1.807, 2.05) is 56.3 Å². The van der Waals surface area contributed by atoms with Gasteiger partial charge in [-0.1, -0.05) is 29.8 Å². The summed E-state index contributed by atoms with van der Waals surface area (Å²) in [5.41, 5.74) is 1.61. The van der Waals surface area contributed by atoms with Gasteiger partial charge in [-0.25, -0.2) is 0 Å². The Morgan fingerprint density at radius 1 is 1.31 bits per heavy atom. The van der Waals surface area contributed by atoms with Crippen molar-refractivity contribution < 1.29 is 14.3 Å². The number of aryl methyl sites for hydroxylation is 1. The van der Waals surface area contributed by atoms with Crippen LogP contribution in [-0.2, 0) is 11.2 Å². The average Bonchev–Trinajstić information content (AvgIpc) is 2.59. The fourth-order valence-electron chi connectivity index (χ4n) is 3.30. The summed E-state index contributed by atoms with van der Waals surface area (Å²) < 4.78 is 11.4. The van der Waals surface area contributed by atoms with Crippen molar-refractivity contribution in [2.45, 2.75) is 44.8 Å². The Labute approximate surface area is 159 Å². The zero-order valence-electron chi connectivity index (χ0n) is 15.3. The van der Waals surface area contributed by atoms with Crippen LogP contribution in [0.15, 0.2) is 42.5 Å². The number of amides is 1. The van der Waals surface area contributed by atoms with E-state index in [1.54, 1.807) is 7.11 Å². The number of carbonyl (C=O) groups is 1. The third-order valence-corrected chi connectivity index (χ3v) is 4.96. The molecule has 0 aromatic heterocycles. The van der Waals surface area contributed by atoms with E-state index in [2.05, 4.69) is 5.32 Å². The molecule has 2 aromatic rings. The first-order chi connectivity index (χ1) is 12.4. The van der Waals surface area contributed by atoms with Crippen molar-refractivity contribution in [1.82, 2.24) is 5.32 Å². The SMILES string of the molecule is COc1ccc2c(c1)OC(C)(C)C[C@H]2NC(=O)CCc1ccccc1Cl. The van der Waals surface area contributed by atoms with Gasteiger partial charge in [-0.05, 0) is 44.0 Å². The van der Waals surface area contributed by atoms with E-state index in [4.69, 9.17) is 21.1 Å². The number of fused-ring (bicyclic) bond motifs is 1. The van der Waals surface area contributed by atoms with Crippen LogP contribution in [0.25, 0.3) is 0 Å². The molecule has 2 aromatic carbocycles. The van der Waals surface area contributed by atoms with Crippen LogP contribution in [0.2, 0.25) is 5.02 Å². The van der Waals surface area contributed by atoms with Crippen LogP contribution in [0.3, 0.4) is 0 Å². The summed E-state index contributed by atoms with van der Waals surface area (Å²) >= 11 is 6.17. The summed E-state index contributed by atoms with van der Waals surface area (Å²) in [5, 5.41) is 3.85. The normalized spacial score (nSPS) is 17.8. The molecule has 3 rings (SSSR count). The van der Waals surface area contributed by atoms with Crippen LogP contribution >= 0.6 is 11.6 Å². The summed E-state index contributed by atoms with van der Waals surface area (Å²) in [5.74, 6) is 1.51. The van der Waals surface area contributed by atoms with Crippen LogP contribution < -0.4 is 14.8 Å². The number of benzene rings is 2. The predicted molar refractivity (Wildman–Crippen MR) is 103 cm³/mol. The second-order valence-corrected chi connectivity index (χ2v) is 7.59. The zero-order valence-corrected chi connectivity index (χ0v) is 16.1. The highest BCUT2D eigenvalue weighted by Crippen LogP contribution is 2.41. The molecule has 1 heterocycles. The number of halogens is 1. The van der Waals surface area contributed by atoms with Crippen LogP contribution in [0.4, 0.5) is 0 Å². The van der Waals surface area contributed by atoms with Gasteiger partial charge in [-0.2, -0.15) is 0 Å². The first-order valence-corrected chi connectivity index (χ1v) is 9.15. The predicted octanol–water partition coefficient (Wildman–Crippen LogP) is 4.70. The molecule has 1 N–H and O–H groups in total. The number of carbonyl (C=O) groups excluding carboxylic acids is 1. The quantitative estimate of drug-likeness (QED) is 0.826. The molecule has 138 valence electrons. The summed E-state index contributed by atoms with van der Waals surface area (Å²) in [6, 6.07) is 13.3. The maximum atomic E-state index is 12.5. The molecular weight excluding hydrogens is 350 g/mol. The van der Waals surface area contributed by atoms with E-state index >= 15 is 0 Å². The topological polar surface area (TPSA) is 47.6 Å². The van der Waals surface area contributed by atoms with Gasteiger partial charge >= 0.3 is 0 Å². The molecule has 1 aliphatic heterocycles. The molecule has 1 atom stereocenters. The molecule has 5 heteroatoms. The Hall–Kier alpha value is -2.20. The van der Waals surface area contributed by atoms with Gasteiger partial charge in [-0.15, -0.1) is 0 Å². The lowest BCUT2D eigenvalue weighted by molar-refractivity contribution is -0.122. The van der Waals surface area contributed by atoms with Crippen LogP contribution in [0.5, 0.6) is 11.5 Å². The second kappa shape index (κ2) is 7.58. The standard InChI is InChI=1S/C21H24ClNO3/c1-21(2)13-18(16-10-9-15(25-3)12-19(16)26-21)23-20(24)11-8-14-6-4-5-7-17(14)22/h4-7,9-10,12,18H,8,11,13H2,1-3H3,(H,23,24)/t18-/m1/s1. The van der Waals surface area contributed by atoms with E-state index < -0.39 is 0 Å². The number of nitrogens with one attached hydrogen (secondary N) is 1. The van der Waals surface area contributed by atoms with E-state index in [-0.39, 0.29) is 17.6 Å². The largest absolute Gasteiger partial charge is 0.497 e. The van der Waals surface area contributed by atoms with Gasteiger partial charge in [0.15, 0.2) is 0 Å². The summed E-state index contributed by atoms with van der Waals surface area (Å²) in [7, 11) is 1.63. The van der Waals surface area contributed by atoms with Gasteiger partial charge in [0, 0.05) is 29.5 Å². The van der Waals surface area contributed by atoms with Crippen LogP contribution in [-0.4, -0.2) is 18.6 Å². The third-order valence-electron chi connectivity index (χ3n) is 4.59. The fraction of sp³-hybridized carbons (Fsp3) is 0.381. The number of hydrogen-bond acceptors (Lipinski definition) is 3. The number of methoxy groups -OCH3 is 1. The average molecular weight is 374 g/mol. The minimum Gasteiger partial charge on any atom is -0.497 e. The van der Waals surface area contributed by atoms with Crippen molar-refractivity contribution >= 4 is 17.5 Å². The number of hydrogen-bond donors (Lipinski definition) is 1. The van der Waals surface area contributed by atoms with Crippen LogP contribution in [0.1, 0.15) is 43.9 Å². The molecule has 0 spiro atoms. The first kappa shape index (κ1) is 18.6. The monoisotopic (exact) mass is 373 g/mol. The maximum absolute atomic E-state index is 12.5. The minimum atomic E-state index is -0.361. The highest BCUT2D eigenvalue weighted by molar-refractivity contribution is 6.31. The van der Waals surface area contributed by atoms with E-state index in [0.29, 0.717) is 24.3 Å². The first-order valence-electron chi connectivity index (χ1n) is 8.78. The van der Waals surface area contributed by atoms with Crippen molar-refractivity contribution in [3.63, 3.8) is 0 Å². The third kappa shape index (κ3) is 4.31. The Bertz CT molecular complexity index is 804. The summed E-state index contributed by atoms with van der Waals surface area (Å²) in [6.45, 7) is 4.05. The molecule has 0 radical (unpaired) electrons.